The standard InChI is InChI=1S/C17H22N2O3/c1-3-5-12-6-4-7-13(11-20)14(12)10-19(2)15-8-9-16(21)18-17(15)22/h4,6-7,11,15H,3,5,8-10H2,1-2H3,(H,18,21,22). The first-order valence-electron chi connectivity index (χ1n) is 7.66. The SMILES string of the molecule is CCCc1cccc(C=O)c1CN(C)C1CCC(=O)NC1=O. The van der Waals surface area contributed by atoms with Gasteiger partial charge in [-0.2, -0.15) is 0 Å². The molecule has 0 spiro atoms. The molecule has 2 rings (SSSR count). The second-order valence-corrected chi connectivity index (χ2v) is 5.73. The summed E-state index contributed by atoms with van der Waals surface area (Å²) >= 11 is 0. The number of benzene rings is 1. The third kappa shape index (κ3) is 3.60. The van der Waals surface area contributed by atoms with E-state index in [1.54, 1.807) is 6.07 Å². The van der Waals surface area contributed by atoms with Gasteiger partial charge in [0, 0.05) is 18.5 Å². The molecule has 1 aromatic carbocycles. The van der Waals surface area contributed by atoms with Gasteiger partial charge in [0.05, 0.1) is 6.04 Å². The molecule has 5 heteroatoms. The molecule has 0 radical (unpaired) electrons. The number of hydrogen-bond acceptors (Lipinski definition) is 4. The molecule has 1 unspecified atom stereocenters. The lowest BCUT2D eigenvalue weighted by atomic mass is 9.96. The summed E-state index contributed by atoms with van der Waals surface area (Å²) in [6, 6.07) is 5.40. The number of aldehydes is 1. The van der Waals surface area contributed by atoms with Gasteiger partial charge in [-0.25, -0.2) is 0 Å². The van der Waals surface area contributed by atoms with Crippen molar-refractivity contribution >= 4 is 18.1 Å². The highest BCUT2D eigenvalue weighted by Crippen LogP contribution is 2.20. The fourth-order valence-electron chi connectivity index (χ4n) is 2.92. The Morgan fingerprint density at radius 1 is 1.36 bits per heavy atom. The van der Waals surface area contributed by atoms with Gasteiger partial charge >= 0.3 is 0 Å². The quantitative estimate of drug-likeness (QED) is 0.641. The number of nitrogens with one attached hydrogen (secondary N) is 1. The predicted octanol–water partition coefficient (Wildman–Crippen LogP) is 1.69. The lowest BCUT2D eigenvalue weighted by Crippen LogP contribution is -2.51. The van der Waals surface area contributed by atoms with Crippen LogP contribution in [0.2, 0.25) is 0 Å². The maximum atomic E-state index is 12.0. The van der Waals surface area contributed by atoms with Crippen molar-refractivity contribution in [2.75, 3.05) is 7.05 Å². The van der Waals surface area contributed by atoms with Crippen LogP contribution in [-0.2, 0) is 22.6 Å². The van der Waals surface area contributed by atoms with E-state index < -0.39 is 0 Å². The summed E-state index contributed by atoms with van der Waals surface area (Å²) in [5.74, 6) is -0.464. The monoisotopic (exact) mass is 302 g/mol. The first-order valence-corrected chi connectivity index (χ1v) is 7.66. The summed E-state index contributed by atoms with van der Waals surface area (Å²) in [5.41, 5.74) is 2.79. The van der Waals surface area contributed by atoms with E-state index in [4.69, 9.17) is 0 Å². The number of hydrogen-bond donors (Lipinski definition) is 1. The molecule has 22 heavy (non-hydrogen) atoms. The van der Waals surface area contributed by atoms with Crippen molar-refractivity contribution < 1.29 is 14.4 Å². The number of carbonyl (C=O) groups is 3. The highest BCUT2D eigenvalue weighted by molar-refractivity contribution is 6.00. The van der Waals surface area contributed by atoms with Crippen molar-refractivity contribution in [1.82, 2.24) is 10.2 Å². The molecule has 0 aromatic heterocycles. The van der Waals surface area contributed by atoms with Crippen molar-refractivity contribution in [3.8, 4) is 0 Å². The Bertz CT molecular complexity index is 583. The third-order valence-corrected chi connectivity index (χ3v) is 4.11. The third-order valence-electron chi connectivity index (χ3n) is 4.11. The summed E-state index contributed by atoms with van der Waals surface area (Å²) in [6.07, 6.45) is 3.65. The normalized spacial score (nSPS) is 18.4. The Morgan fingerprint density at radius 2 is 2.14 bits per heavy atom. The zero-order chi connectivity index (χ0) is 16.1. The number of piperidine rings is 1. The molecule has 1 atom stereocenters. The van der Waals surface area contributed by atoms with Crippen LogP contribution in [-0.4, -0.2) is 36.1 Å². The van der Waals surface area contributed by atoms with Crippen LogP contribution in [0.1, 0.15) is 47.7 Å². The number of rotatable bonds is 6. The van der Waals surface area contributed by atoms with Gasteiger partial charge in [-0.3, -0.25) is 24.6 Å². The van der Waals surface area contributed by atoms with Crippen molar-refractivity contribution in [3.63, 3.8) is 0 Å². The molecule has 1 aromatic rings. The van der Waals surface area contributed by atoms with E-state index in [2.05, 4.69) is 12.2 Å². The van der Waals surface area contributed by atoms with Gasteiger partial charge in [0.2, 0.25) is 11.8 Å². The summed E-state index contributed by atoms with van der Waals surface area (Å²) in [6.45, 7) is 2.62. The Morgan fingerprint density at radius 3 is 2.77 bits per heavy atom. The highest BCUT2D eigenvalue weighted by atomic mass is 16.2. The van der Waals surface area contributed by atoms with Crippen LogP contribution in [0.3, 0.4) is 0 Å². The zero-order valence-corrected chi connectivity index (χ0v) is 13.1. The van der Waals surface area contributed by atoms with E-state index in [0.29, 0.717) is 24.9 Å². The number of aryl methyl sites for hydroxylation is 1. The lowest BCUT2D eigenvalue weighted by Gasteiger charge is -2.30. The molecule has 0 bridgehead atoms. The molecule has 0 saturated carbocycles. The number of likely N-dealkylation sites (N-methyl/N-ethyl adjacent to an activating group) is 1. The van der Waals surface area contributed by atoms with E-state index in [-0.39, 0.29) is 17.9 Å². The van der Waals surface area contributed by atoms with Gasteiger partial charge in [0.25, 0.3) is 0 Å². The maximum absolute atomic E-state index is 12.0. The van der Waals surface area contributed by atoms with Crippen molar-refractivity contribution in [1.29, 1.82) is 0 Å². The summed E-state index contributed by atoms with van der Waals surface area (Å²) < 4.78 is 0. The summed E-state index contributed by atoms with van der Waals surface area (Å²) in [5, 5.41) is 2.38. The highest BCUT2D eigenvalue weighted by Gasteiger charge is 2.30. The van der Waals surface area contributed by atoms with Gasteiger partial charge in [-0.15, -0.1) is 0 Å². The second kappa shape index (κ2) is 7.31. The Hall–Kier alpha value is -2.01. The first-order chi connectivity index (χ1) is 10.6. The van der Waals surface area contributed by atoms with Crippen LogP contribution in [0.5, 0.6) is 0 Å². The van der Waals surface area contributed by atoms with E-state index >= 15 is 0 Å². The number of nitrogens with zero attached hydrogens (tertiary/aromatic N) is 1. The largest absolute Gasteiger partial charge is 0.298 e. The molecule has 1 fully saturated rings. The molecule has 1 aliphatic heterocycles. The summed E-state index contributed by atoms with van der Waals surface area (Å²) in [4.78, 5) is 36.4. The van der Waals surface area contributed by atoms with E-state index in [1.165, 1.54) is 0 Å². The molecule has 1 saturated heterocycles. The molecule has 2 amide bonds. The van der Waals surface area contributed by atoms with Gasteiger partial charge < -0.3 is 0 Å². The number of imide groups is 1. The Balaban J connectivity index is 2.20. The molecule has 1 N–H and O–H groups in total. The van der Waals surface area contributed by atoms with Gasteiger partial charge in [0.1, 0.15) is 6.29 Å². The molecule has 1 aliphatic rings. The van der Waals surface area contributed by atoms with E-state index in [9.17, 15) is 14.4 Å². The van der Waals surface area contributed by atoms with E-state index in [0.717, 1.165) is 30.3 Å². The molecule has 0 aliphatic carbocycles. The predicted molar refractivity (Wildman–Crippen MR) is 83.5 cm³/mol. The van der Waals surface area contributed by atoms with Crippen LogP contribution >= 0.6 is 0 Å². The van der Waals surface area contributed by atoms with E-state index in [1.807, 2.05) is 24.1 Å². The van der Waals surface area contributed by atoms with Crippen LogP contribution < -0.4 is 5.32 Å². The van der Waals surface area contributed by atoms with Crippen molar-refractivity contribution in [2.24, 2.45) is 0 Å². The smallest absolute Gasteiger partial charge is 0.243 e. The minimum Gasteiger partial charge on any atom is -0.298 e. The lowest BCUT2D eigenvalue weighted by molar-refractivity contribution is -0.137. The average Bonchev–Trinajstić information content (AvgIpc) is 2.49. The van der Waals surface area contributed by atoms with Crippen molar-refractivity contribution in [3.05, 3.63) is 34.9 Å². The number of amides is 2. The molecule has 118 valence electrons. The Labute approximate surface area is 130 Å². The fourth-order valence-corrected chi connectivity index (χ4v) is 2.92. The zero-order valence-electron chi connectivity index (χ0n) is 13.1. The second-order valence-electron chi connectivity index (χ2n) is 5.73. The van der Waals surface area contributed by atoms with Crippen LogP contribution in [0.4, 0.5) is 0 Å². The fraction of sp³-hybridized carbons (Fsp3) is 0.471. The molecular weight excluding hydrogens is 280 g/mol. The minimum atomic E-state index is -0.327. The van der Waals surface area contributed by atoms with Gasteiger partial charge in [-0.1, -0.05) is 31.5 Å². The van der Waals surface area contributed by atoms with Crippen LogP contribution in [0.15, 0.2) is 18.2 Å². The van der Waals surface area contributed by atoms with Crippen LogP contribution in [0, 0.1) is 0 Å². The first kappa shape index (κ1) is 16.4. The Kier molecular flexibility index (Phi) is 5.44. The average molecular weight is 302 g/mol. The summed E-state index contributed by atoms with van der Waals surface area (Å²) in [7, 11) is 1.86. The number of carbonyl (C=O) groups excluding carboxylic acids is 3. The van der Waals surface area contributed by atoms with Gasteiger partial charge in [0.15, 0.2) is 0 Å². The minimum absolute atomic E-state index is 0.213. The topological polar surface area (TPSA) is 66.5 Å². The van der Waals surface area contributed by atoms with Crippen LogP contribution in [0.25, 0.3) is 0 Å². The van der Waals surface area contributed by atoms with Crippen molar-refractivity contribution in [2.45, 2.75) is 45.2 Å². The van der Waals surface area contributed by atoms with Gasteiger partial charge in [-0.05, 0) is 31.0 Å². The molecule has 1 heterocycles. The maximum Gasteiger partial charge on any atom is 0.243 e. The molecule has 5 nitrogen and oxygen atoms in total. The molecular formula is C17H22N2O3.